The van der Waals surface area contributed by atoms with E-state index >= 15 is 0 Å². The lowest BCUT2D eigenvalue weighted by Gasteiger charge is -2.26. The Hall–Kier alpha value is -3.13. The Morgan fingerprint density at radius 1 is 1.12 bits per heavy atom. The van der Waals surface area contributed by atoms with Gasteiger partial charge in [-0.3, -0.25) is 19.2 Å². The zero-order chi connectivity index (χ0) is 25.8. The first-order chi connectivity index (χ1) is 16.0. The number of hydrogen-bond donors (Lipinski definition) is 8. The number of carbonyl (C=O) groups is 5. The van der Waals surface area contributed by atoms with E-state index in [1.54, 1.807) is 13.8 Å². The highest BCUT2D eigenvalue weighted by Gasteiger charge is 2.32. The van der Waals surface area contributed by atoms with Gasteiger partial charge < -0.3 is 37.5 Å². The van der Waals surface area contributed by atoms with Crippen LogP contribution >= 0.6 is 12.6 Å². The lowest BCUT2D eigenvalue weighted by atomic mass is 9.98. The lowest BCUT2D eigenvalue weighted by Crippen LogP contribution is -2.58. The largest absolute Gasteiger partial charge is 0.480 e. The number of carbonyl (C=O) groups excluding carboxylic acids is 4. The molecule has 0 aliphatic heterocycles. The van der Waals surface area contributed by atoms with Crippen LogP contribution < -0.4 is 27.4 Å². The molecule has 5 atom stereocenters. The number of aromatic amines is 1. The van der Waals surface area contributed by atoms with Crippen LogP contribution in [-0.2, 0) is 30.4 Å². The van der Waals surface area contributed by atoms with E-state index in [0.29, 0.717) is 12.1 Å². The third-order valence-corrected chi connectivity index (χ3v) is 5.63. The predicted molar refractivity (Wildman–Crippen MR) is 125 cm³/mol. The molecule has 0 saturated heterocycles. The van der Waals surface area contributed by atoms with E-state index < -0.39 is 53.8 Å². The molecule has 0 aliphatic rings. The highest BCUT2D eigenvalue weighted by atomic mass is 32.1. The number of H-pyrrole nitrogens is 1. The molecule has 1 aromatic rings. The minimum absolute atomic E-state index is 0.0209. The second-order valence-corrected chi connectivity index (χ2v) is 8.27. The smallest absolute Gasteiger partial charge is 0.326 e. The quantitative estimate of drug-likeness (QED) is 0.126. The van der Waals surface area contributed by atoms with Crippen molar-refractivity contribution in [1.29, 1.82) is 0 Å². The molecule has 0 aromatic carbocycles. The summed E-state index contributed by atoms with van der Waals surface area (Å²) in [4.78, 5) is 67.7. The number of carboxylic acids is 1. The fraction of sp³-hybridized carbons (Fsp3) is 0.600. The monoisotopic (exact) mass is 499 g/mol. The Kier molecular flexibility index (Phi) is 12.1. The van der Waals surface area contributed by atoms with E-state index in [0.717, 1.165) is 0 Å². The number of nitrogens with one attached hydrogen (secondary N) is 4. The molecule has 0 aliphatic carbocycles. The Balaban J connectivity index is 3.10. The van der Waals surface area contributed by atoms with E-state index in [1.807, 2.05) is 0 Å². The first-order valence-corrected chi connectivity index (χ1v) is 11.4. The van der Waals surface area contributed by atoms with Crippen molar-refractivity contribution in [2.24, 2.45) is 17.4 Å². The average molecular weight is 500 g/mol. The van der Waals surface area contributed by atoms with Gasteiger partial charge in [-0.25, -0.2) is 9.78 Å². The van der Waals surface area contributed by atoms with Gasteiger partial charge in [0.15, 0.2) is 0 Å². The van der Waals surface area contributed by atoms with Crippen LogP contribution in [0.4, 0.5) is 0 Å². The number of amides is 4. The average Bonchev–Trinajstić information content (AvgIpc) is 3.30. The van der Waals surface area contributed by atoms with Gasteiger partial charge in [0.05, 0.1) is 12.4 Å². The van der Waals surface area contributed by atoms with Gasteiger partial charge >= 0.3 is 5.97 Å². The van der Waals surface area contributed by atoms with Gasteiger partial charge in [-0.1, -0.05) is 20.3 Å². The Labute approximate surface area is 202 Å². The maximum Gasteiger partial charge on any atom is 0.326 e. The first-order valence-electron chi connectivity index (χ1n) is 10.8. The molecule has 0 saturated carbocycles. The lowest BCUT2D eigenvalue weighted by molar-refractivity contribution is -0.143. The summed E-state index contributed by atoms with van der Waals surface area (Å²) in [6.45, 7) is 3.47. The fourth-order valence-corrected chi connectivity index (χ4v) is 3.12. The number of imidazole rings is 1. The predicted octanol–water partition coefficient (Wildman–Crippen LogP) is -1.94. The summed E-state index contributed by atoms with van der Waals surface area (Å²) >= 11 is 3.95. The first kappa shape index (κ1) is 28.9. The van der Waals surface area contributed by atoms with Crippen molar-refractivity contribution in [3.05, 3.63) is 18.2 Å². The molecule has 13 nitrogen and oxygen atoms in total. The van der Waals surface area contributed by atoms with Crippen LogP contribution in [0.2, 0.25) is 0 Å². The van der Waals surface area contributed by atoms with Gasteiger partial charge in [0.25, 0.3) is 0 Å². The molecule has 34 heavy (non-hydrogen) atoms. The number of aliphatic carboxylic acids is 1. The molecule has 190 valence electrons. The van der Waals surface area contributed by atoms with Gasteiger partial charge in [0, 0.05) is 30.5 Å². The van der Waals surface area contributed by atoms with Crippen molar-refractivity contribution < 1.29 is 29.1 Å². The number of primary amides is 1. The normalized spacial score (nSPS) is 15.3. The summed E-state index contributed by atoms with van der Waals surface area (Å²) in [6, 6.07) is -4.58. The van der Waals surface area contributed by atoms with Crippen LogP contribution in [0, 0.1) is 5.92 Å². The fourth-order valence-electron chi connectivity index (χ4n) is 2.95. The highest BCUT2D eigenvalue weighted by Crippen LogP contribution is 2.10. The van der Waals surface area contributed by atoms with Gasteiger partial charge in [0.1, 0.15) is 18.1 Å². The molecule has 5 unspecified atom stereocenters. The minimum Gasteiger partial charge on any atom is -0.480 e. The minimum atomic E-state index is -1.21. The van der Waals surface area contributed by atoms with Gasteiger partial charge in [-0.05, 0) is 12.3 Å². The molecular weight excluding hydrogens is 466 g/mol. The maximum absolute atomic E-state index is 13.0. The maximum atomic E-state index is 13.0. The molecule has 1 heterocycles. The third-order valence-electron chi connectivity index (χ3n) is 5.23. The number of hydrogen-bond acceptors (Lipinski definition) is 8. The van der Waals surface area contributed by atoms with Crippen molar-refractivity contribution in [3.63, 3.8) is 0 Å². The van der Waals surface area contributed by atoms with Crippen LogP contribution in [-0.4, -0.2) is 74.6 Å². The van der Waals surface area contributed by atoms with Crippen LogP contribution in [0.1, 0.15) is 38.8 Å². The summed E-state index contributed by atoms with van der Waals surface area (Å²) < 4.78 is 0. The standard InChI is InChI=1S/C20H33N7O6S/c1-3-10(2)16(20(32)33)27-19(31)14(6-11-7-23-9-24-11)26-18(30)13(4-5-15(22)28)25-17(29)12(21)8-34/h7,9-10,12-14,16,34H,3-6,8,21H2,1-2H3,(H2,22,28)(H,23,24)(H,25,29)(H,26,30)(H,27,31)(H,32,33). The van der Waals surface area contributed by atoms with Gasteiger partial charge in [-0.2, -0.15) is 12.6 Å². The number of rotatable bonds is 15. The van der Waals surface area contributed by atoms with Crippen molar-refractivity contribution in [1.82, 2.24) is 25.9 Å². The molecule has 9 N–H and O–H groups in total. The second-order valence-electron chi connectivity index (χ2n) is 7.91. The molecule has 0 fully saturated rings. The van der Waals surface area contributed by atoms with Crippen molar-refractivity contribution in [2.75, 3.05) is 5.75 Å². The molecule has 4 amide bonds. The Bertz CT molecular complexity index is 850. The summed E-state index contributed by atoms with van der Waals surface area (Å²) in [7, 11) is 0. The number of thiol groups is 1. The second kappa shape index (κ2) is 14.2. The van der Waals surface area contributed by atoms with Gasteiger partial charge in [0.2, 0.25) is 23.6 Å². The Morgan fingerprint density at radius 2 is 1.74 bits per heavy atom. The molecule has 1 rings (SSSR count). The topological polar surface area (TPSA) is 222 Å². The molecular formula is C20H33N7O6S. The highest BCUT2D eigenvalue weighted by molar-refractivity contribution is 7.80. The Morgan fingerprint density at radius 3 is 2.24 bits per heavy atom. The van der Waals surface area contributed by atoms with Gasteiger partial charge in [-0.15, -0.1) is 0 Å². The zero-order valence-corrected chi connectivity index (χ0v) is 20.0. The summed E-state index contributed by atoms with van der Waals surface area (Å²) in [6.07, 6.45) is 2.97. The van der Waals surface area contributed by atoms with E-state index in [1.165, 1.54) is 12.5 Å². The summed E-state index contributed by atoms with van der Waals surface area (Å²) in [5.74, 6) is -4.41. The van der Waals surface area contributed by atoms with Crippen LogP contribution in [0.5, 0.6) is 0 Å². The van der Waals surface area contributed by atoms with Crippen molar-refractivity contribution in [2.45, 2.75) is 63.7 Å². The van der Waals surface area contributed by atoms with Crippen molar-refractivity contribution in [3.8, 4) is 0 Å². The van der Waals surface area contributed by atoms with E-state index in [2.05, 4.69) is 38.5 Å². The van der Waals surface area contributed by atoms with E-state index in [9.17, 15) is 29.1 Å². The molecule has 0 bridgehead atoms. The van der Waals surface area contributed by atoms with Crippen LogP contribution in [0.15, 0.2) is 12.5 Å². The number of aromatic nitrogens is 2. The van der Waals surface area contributed by atoms with Crippen molar-refractivity contribution >= 4 is 42.2 Å². The number of nitrogens with zero attached hydrogens (tertiary/aromatic N) is 1. The third kappa shape index (κ3) is 9.39. The number of nitrogens with two attached hydrogens (primary N) is 2. The van der Waals surface area contributed by atoms with Crippen LogP contribution in [0.3, 0.4) is 0 Å². The summed E-state index contributed by atoms with van der Waals surface area (Å²) in [5.41, 5.74) is 11.3. The molecule has 14 heteroatoms. The summed E-state index contributed by atoms with van der Waals surface area (Å²) in [5, 5.41) is 16.9. The van der Waals surface area contributed by atoms with Crippen LogP contribution in [0.25, 0.3) is 0 Å². The number of carboxylic acid groups (broad SMARTS) is 1. The molecule has 0 radical (unpaired) electrons. The van der Waals surface area contributed by atoms with E-state index in [4.69, 9.17) is 11.5 Å². The van der Waals surface area contributed by atoms with E-state index in [-0.39, 0.29) is 30.9 Å². The molecule has 0 spiro atoms. The molecule has 1 aromatic heterocycles. The zero-order valence-electron chi connectivity index (χ0n) is 19.1. The SMILES string of the molecule is CCC(C)C(NC(=O)C(Cc1cnc[nH]1)NC(=O)C(CCC(N)=O)NC(=O)C(N)CS)C(=O)O.